The minimum Gasteiger partial charge on any atom is -0.447 e. The molecule has 5 nitrogen and oxygen atoms in total. The highest BCUT2D eigenvalue weighted by atomic mass is 16.6. The zero-order chi connectivity index (χ0) is 16.2. The van der Waals surface area contributed by atoms with E-state index in [-0.39, 0.29) is 18.6 Å². The minimum atomic E-state index is -0.609. The normalized spacial score (nSPS) is 23.1. The summed E-state index contributed by atoms with van der Waals surface area (Å²) in [6, 6.07) is 8.96. The topological polar surface area (TPSA) is 72.6 Å². The number of hydrogen-bond acceptors (Lipinski definition) is 4. The van der Waals surface area contributed by atoms with E-state index in [1.807, 2.05) is 30.3 Å². The molecule has 5 heteroatoms. The molecule has 1 saturated heterocycles. The van der Waals surface area contributed by atoms with E-state index in [0.29, 0.717) is 18.8 Å². The van der Waals surface area contributed by atoms with Crippen molar-refractivity contribution < 1.29 is 14.3 Å². The minimum absolute atomic E-state index is 0.246. The van der Waals surface area contributed by atoms with Gasteiger partial charge in [-0.3, -0.25) is 4.79 Å². The zero-order valence-corrected chi connectivity index (χ0v) is 13.3. The lowest BCUT2D eigenvalue weighted by Crippen LogP contribution is -2.49. The van der Waals surface area contributed by atoms with Gasteiger partial charge in [0.1, 0.15) is 6.61 Å². The number of amides is 2. The predicted octanol–water partition coefficient (Wildman–Crippen LogP) is 2.48. The average Bonchev–Trinajstić information content (AvgIpc) is 3.18. The summed E-state index contributed by atoms with van der Waals surface area (Å²) in [4.78, 5) is 25.9. The number of imide groups is 1. The van der Waals surface area contributed by atoms with Crippen LogP contribution in [0.4, 0.5) is 4.79 Å². The summed E-state index contributed by atoms with van der Waals surface area (Å²) in [5, 5.41) is 0. The van der Waals surface area contributed by atoms with Gasteiger partial charge in [-0.05, 0) is 24.3 Å². The largest absolute Gasteiger partial charge is 0.447 e. The summed E-state index contributed by atoms with van der Waals surface area (Å²) in [5.41, 5.74) is 7.18. The SMILES string of the molecule is NC(CC1CCCC1)C(=O)N1C(=O)OCC1Cc1ccccc1. The first-order valence-electron chi connectivity index (χ1n) is 8.44. The maximum absolute atomic E-state index is 12.6. The molecule has 2 unspecified atom stereocenters. The van der Waals surface area contributed by atoms with Crippen LogP contribution < -0.4 is 5.73 Å². The lowest BCUT2D eigenvalue weighted by Gasteiger charge is -2.24. The highest BCUT2D eigenvalue weighted by molar-refractivity contribution is 5.96. The van der Waals surface area contributed by atoms with Gasteiger partial charge in [0.05, 0.1) is 12.1 Å². The first-order valence-corrected chi connectivity index (χ1v) is 8.44. The highest BCUT2D eigenvalue weighted by Gasteiger charge is 2.40. The molecule has 3 rings (SSSR count). The Morgan fingerprint density at radius 2 is 1.96 bits per heavy atom. The fourth-order valence-electron chi connectivity index (χ4n) is 3.65. The van der Waals surface area contributed by atoms with Gasteiger partial charge in [0.25, 0.3) is 0 Å². The molecule has 1 aliphatic heterocycles. The Labute approximate surface area is 136 Å². The Morgan fingerprint density at radius 3 is 2.65 bits per heavy atom. The summed E-state index contributed by atoms with van der Waals surface area (Å²) >= 11 is 0. The van der Waals surface area contributed by atoms with Crippen LogP contribution >= 0.6 is 0 Å². The first kappa shape index (κ1) is 16.0. The van der Waals surface area contributed by atoms with E-state index >= 15 is 0 Å². The van der Waals surface area contributed by atoms with Gasteiger partial charge in [-0.1, -0.05) is 56.0 Å². The molecule has 1 saturated carbocycles. The number of nitrogens with two attached hydrogens (primary N) is 1. The lowest BCUT2D eigenvalue weighted by molar-refractivity contribution is -0.130. The van der Waals surface area contributed by atoms with E-state index in [0.717, 1.165) is 18.4 Å². The average molecular weight is 316 g/mol. The molecule has 1 aliphatic carbocycles. The molecule has 2 aliphatic rings. The maximum Gasteiger partial charge on any atom is 0.417 e. The Bertz CT molecular complexity index is 555. The van der Waals surface area contributed by atoms with E-state index in [1.165, 1.54) is 17.7 Å². The van der Waals surface area contributed by atoms with Crippen molar-refractivity contribution >= 4 is 12.0 Å². The molecule has 0 bridgehead atoms. The van der Waals surface area contributed by atoms with Gasteiger partial charge in [0, 0.05) is 0 Å². The number of ether oxygens (including phenoxy) is 1. The molecule has 2 atom stereocenters. The number of rotatable bonds is 5. The van der Waals surface area contributed by atoms with Crippen LogP contribution in [0.3, 0.4) is 0 Å². The van der Waals surface area contributed by atoms with Crippen molar-refractivity contribution in [3.05, 3.63) is 35.9 Å². The van der Waals surface area contributed by atoms with Gasteiger partial charge in [-0.2, -0.15) is 0 Å². The van der Waals surface area contributed by atoms with E-state index in [9.17, 15) is 9.59 Å². The second-order valence-electron chi connectivity index (χ2n) is 6.62. The van der Waals surface area contributed by atoms with Crippen molar-refractivity contribution in [2.75, 3.05) is 6.61 Å². The standard InChI is InChI=1S/C18H24N2O3/c19-16(11-14-8-4-5-9-14)17(21)20-15(12-23-18(20)22)10-13-6-2-1-3-7-13/h1-3,6-7,14-16H,4-5,8-12,19H2. The monoisotopic (exact) mass is 316 g/mol. The number of nitrogens with zero attached hydrogens (tertiary/aromatic N) is 1. The molecule has 0 radical (unpaired) electrons. The van der Waals surface area contributed by atoms with E-state index in [4.69, 9.17) is 10.5 Å². The van der Waals surface area contributed by atoms with Crippen LogP contribution in [-0.2, 0) is 16.0 Å². The molecule has 1 aromatic carbocycles. The summed E-state index contributed by atoms with van der Waals surface area (Å²) < 4.78 is 5.10. The Kier molecular flexibility index (Phi) is 4.96. The van der Waals surface area contributed by atoms with Crippen LogP contribution in [0.5, 0.6) is 0 Å². The van der Waals surface area contributed by atoms with Crippen molar-refractivity contribution in [2.45, 2.75) is 50.6 Å². The lowest BCUT2D eigenvalue weighted by atomic mass is 9.97. The van der Waals surface area contributed by atoms with E-state index in [2.05, 4.69) is 0 Å². The molecule has 1 heterocycles. The van der Waals surface area contributed by atoms with Gasteiger partial charge in [-0.15, -0.1) is 0 Å². The Hall–Kier alpha value is -1.88. The number of hydrogen-bond donors (Lipinski definition) is 1. The summed E-state index contributed by atoms with van der Waals surface area (Å²) in [6.45, 7) is 0.246. The fraction of sp³-hybridized carbons (Fsp3) is 0.556. The van der Waals surface area contributed by atoms with Crippen LogP contribution in [-0.4, -0.2) is 35.6 Å². The Morgan fingerprint density at radius 1 is 1.26 bits per heavy atom. The van der Waals surface area contributed by atoms with Crippen LogP contribution in [0.1, 0.15) is 37.7 Å². The fourth-order valence-corrected chi connectivity index (χ4v) is 3.65. The second-order valence-corrected chi connectivity index (χ2v) is 6.62. The van der Waals surface area contributed by atoms with Gasteiger partial charge < -0.3 is 10.5 Å². The molecule has 2 amide bonds. The number of carbonyl (C=O) groups is 2. The summed E-state index contributed by atoms with van der Waals surface area (Å²) in [7, 11) is 0. The third kappa shape index (κ3) is 3.72. The van der Waals surface area contributed by atoms with Crippen molar-refractivity contribution in [2.24, 2.45) is 11.7 Å². The van der Waals surface area contributed by atoms with Crippen LogP contribution in [0.15, 0.2) is 30.3 Å². The first-order chi connectivity index (χ1) is 11.1. The molecule has 1 aromatic rings. The van der Waals surface area contributed by atoms with Crippen molar-refractivity contribution in [3.8, 4) is 0 Å². The van der Waals surface area contributed by atoms with Crippen molar-refractivity contribution in [1.29, 1.82) is 0 Å². The molecule has 23 heavy (non-hydrogen) atoms. The summed E-state index contributed by atoms with van der Waals surface area (Å²) in [5.74, 6) is 0.223. The molecule has 2 N–H and O–H groups in total. The molecule has 124 valence electrons. The quantitative estimate of drug-likeness (QED) is 0.906. The van der Waals surface area contributed by atoms with Crippen LogP contribution in [0, 0.1) is 5.92 Å². The predicted molar refractivity (Wildman–Crippen MR) is 86.7 cm³/mol. The third-order valence-corrected chi connectivity index (χ3v) is 4.89. The number of benzene rings is 1. The van der Waals surface area contributed by atoms with E-state index in [1.54, 1.807) is 0 Å². The van der Waals surface area contributed by atoms with Gasteiger partial charge in [0.15, 0.2) is 0 Å². The van der Waals surface area contributed by atoms with Crippen molar-refractivity contribution in [3.63, 3.8) is 0 Å². The number of carbonyl (C=O) groups excluding carboxylic acids is 2. The van der Waals surface area contributed by atoms with E-state index < -0.39 is 12.1 Å². The molecular weight excluding hydrogens is 292 g/mol. The Balaban J connectivity index is 1.65. The van der Waals surface area contributed by atoms with Crippen LogP contribution in [0.25, 0.3) is 0 Å². The van der Waals surface area contributed by atoms with Gasteiger partial charge >= 0.3 is 6.09 Å². The molecule has 2 fully saturated rings. The van der Waals surface area contributed by atoms with Gasteiger partial charge in [0.2, 0.25) is 5.91 Å². The molecular formula is C18H24N2O3. The highest BCUT2D eigenvalue weighted by Crippen LogP contribution is 2.29. The van der Waals surface area contributed by atoms with Crippen LogP contribution in [0.2, 0.25) is 0 Å². The zero-order valence-electron chi connectivity index (χ0n) is 13.3. The maximum atomic E-state index is 12.6. The number of cyclic esters (lactones) is 1. The summed E-state index contributed by atoms with van der Waals surface area (Å²) in [6.07, 6.45) is 5.42. The van der Waals surface area contributed by atoms with Crippen molar-refractivity contribution in [1.82, 2.24) is 4.90 Å². The third-order valence-electron chi connectivity index (χ3n) is 4.89. The molecule has 0 spiro atoms. The molecule has 0 aromatic heterocycles. The van der Waals surface area contributed by atoms with Gasteiger partial charge in [-0.25, -0.2) is 9.69 Å². The smallest absolute Gasteiger partial charge is 0.417 e. The second kappa shape index (κ2) is 7.13.